The minimum absolute atomic E-state index is 0.260. The van der Waals surface area contributed by atoms with Crippen molar-refractivity contribution in [2.45, 2.75) is 6.42 Å². The van der Waals surface area contributed by atoms with Crippen LogP contribution in [0.25, 0.3) is 10.4 Å². The number of aromatic nitrogens is 2. The SMILES string of the molecule is [N-]=[N+]=NCCC#Cc1ccc(=O)[nH]n1. The summed E-state index contributed by atoms with van der Waals surface area (Å²) in [5.74, 6) is 5.47. The molecule has 1 heterocycles. The molecule has 1 rings (SSSR count). The molecule has 6 nitrogen and oxygen atoms in total. The standard InChI is InChI=1S/C8H7N5O/c9-13-10-6-2-1-3-7-4-5-8(14)12-11-7/h4-5H,2,6H2,(H,12,14). The number of hydrogen-bond donors (Lipinski definition) is 1. The summed E-state index contributed by atoms with van der Waals surface area (Å²) in [5.41, 5.74) is 8.20. The number of nitrogens with zero attached hydrogens (tertiary/aromatic N) is 4. The Hall–Kier alpha value is -2.25. The van der Waals surface area contributed by atoms with Gasteiger partial charge in [0.1, 0.15) is 5.69 Å². The quantitative estimate of drug-likeness (QED) is 0.245. The van der Waals surface area contributed by atoms with E-state index >= 15 is 0 Å². The Morgan fingerprint density at radius 3 is 3.14 bits per heavy atom. The normalized spacial score (nSPS) is 8.29. The van der Waals surface area contributed by atoms with Gasteiger partial charge in [-0.3, -0.25) is 4.79 Å². The third kappa shape index (κ3) is 3.43. The summed E-state index contributed by atoms with van der Waals surface area (Å²) in [6.45, 7) is 0.340. The number of rotatable bonds is 2. The maximum atomic E-state index is 10.6. The summed E-state index contributed by atoms with van der Waals surface area (Å²) in [6, 6.07) is 2.88. The van der Waals surface area contributed by atoms with Crippen molar-refractivity contribution < 1.29 is 0 Å². The Morgan fingerprint density at radius 1 is 1.64 bits per heavy atom. The minimum atomic E-state index is -0.260. The zero-order chi connectivity index (χ0) is 10.2. The molecular weight excluding hydrogens is 182 g/mol. The van der Waals surface area contributed by atoms with Crippen LogP contribution >= 0.6 is 0 Å². The monoisotopic (exact) mass is 189 g/mol. The van der Waals surface area contributed by atoms with Crippen molar-refractivity contribution in [1.29, 1.82) is 0 Å². The van der Waals surface area contributed by atoms with Crippen LogP contribution in [0.4, 0.5) is 0 Å². The Balaban J connectivity index is 2.55. The Labute approximate surface area is 79.6 Å². The van der Waals surface area contributed by atoms with Gasteiger partial charge in [0.05, 0.1) is 0 Å². The molecule has 1 aromatic heterocycles. The van der Waals surface area contributed by atoms with Crippen LogP contribution in [0, 0.1) is 11.8 Å². The smallest absolute Gasteiger partial charge is 0.264 e. The topological polar surface area (TPSA) is 94.5 Å². The van der Waals surface area contributed by atoms with E-state index in [9.17, 15) is 4.79 Å². The van der Waals surface area contributed by atoms with Gasteiger partial charge in [0.2, 0.25) is 0 Å². The van der Waals surface area contributed by atoms with Crippen LogP contribution in [0.5, 0.6) is 0 Å². The number of H-pyrrole nitrogens is 1. The molecule has 0 saturated carbocycles. The van der Waals surface area contributed by atoms with Crippen LogP contribution in [-0.2, 0) is 0 Å². The predicted molar refractivity (Wildman–Crippen MR) is 50.4 cm³/mol. The molecule has 0 saturated heterocycles. The van der Waals surface area contributed by atoms with Gasteiger partial charge in [-0.25, -0.2) is 5.10 Å². The summed E-state index contributed by atoms with van der Waals surface area (Å²) in [4.78, 5) is 13.2. The van der Waals surface area contributed by atoms with Crippen molar-refractivity contribution in [1.82, 2.24) is 10.2 Å². The molecule has 0 aliphatic heterocycles. The van der Waals surface area contributed by atoms with E-state index in [1.54, 1.807) is 0 Å². The average molecular weight is 189 g/mol. The maximum Gasteiger partial charge on any atom is 0.264 e. The van der Waals surface area contributed by atoms with Gasteiger partial charge in [-0.1, -0.05) is 11.0 Å². The molecule has 0 aliphatic carbocycles. The fourth-order valence-electron chi connectivity index (χ4n) is 0.718. The molecule has 1 aromatic rings. The first kappa shape index (κ1) is 9.84. The van der Waals surface area contributed by atoms with E-state index in [1.807, 2.05) is 0 Å². The van der Waals surface area contributed by atoms with Gasteiger partial charge < -0.3 is 0 Å². The molecule has 0 amide bonds. The van der Waals surface area contributed by atoms with Crippen LogP contribution in [-0.4, -0.2) is 16.7 Å². The summed E-state index contributed by atoms with van der Waals surface area (Å²) in [7, 11) is 0. The lowest BCUT2D eigenvalue weighted by Gasteiger charge is -1.85. The maximum absolute atomic E-state index is 10.6. The van der Waals surface area contributed by atoms with E-state index in [-0.39, 0.29) is 5.56 Å². The van der Waals surface area contributed by atoms with Crippen molar-refractivity contribution in [2.24, 2.45) is 5.11 Å². The molecule has 0 atom stereocenters. The molecule has 70 valence electrons. The van der Waals surface area contributed by atoms with Crippen LogP contribution < -0.4 is 5.56 Å². The highest BCUT2D eigenvalue weighted by atomic mass is 16.1. The number of hydrogen-bond acceptors (Lipinski definition) is 3. The predicted octanol–water partition coefficient (Wildman–Crippen LogP) is 0.822. The van der Waals surface area contributed by atoms with Crippen LogP contribution in [0.1, 0.15) is 12.1 Å². The van der Waals surface area contributed by atoms with Crippen molar-refractivity contribution in [2.75, 3.05) is 6.54 Å². The van der Waals surface area contributed by atoms with Gasteiger partial charge in [0.25, 0.3) is 5.56 Å². The lowest BCUT2D eigenvalue weighted by Crippen LogP contribution is -2.05. The lowest BCUT2D eigenvalue weighted by atomic mass is 10.3. The fraction of sp³-hybridized carbons (Fsp3) is 0.250. The average Bonchev–Trinajstić information content (AvgIpc) is 2.21. The molecule has 0 aliphatic rings. The second kappa shape index (κ2) is 5.41. The van der Waals surface area contributed by atoms with Crippen LogP contribution in [0.3, 0.4) is 0 Å². The van der Waals surface area contributed by atoms with E-state index in [1.165, 1.54) is 12.1 Å². The molecule has 0 unspecified atom stereocenters. The molecular formula is C8H7N5O. The Kier molecular flexibility index (Phi) is 3.80. The number of nitrogens with one attached hydrogen (secondary N) is 1. The highest BCUT2D eigenvalue weighted by molar-refractivity contribution is 5.25. The number of azide groups is 1. The van der Waals surface area contributed by atoms with E-state index in [0.29, 0.717) is 18.7 Å². The summed E-state index contributed by atoms with van der Waals surface area (Å²) < 4.78 is 0. The third-order valence-corrected chi connectivity index (χ3v) is 1.30. The first-order valence-electron chi connectivity index (χ1n) is 3.88. The lowest BCUT2D eigenvalue weighted by molar-refractivity contribution is 0.971. The highest BCUT2D eigenvalue weighted by Crippen LogP contribution is 1.85. The fourth-order valence-corrected chi connectivity index (χ4v) is 0.718. The van der Waals surface area contributed by atoms with Crippen molar-refractivity contribution in [3.05, 3.63) is 38.6 Å². The molecule has 0 spiro atoms. The van der Waals surface area contributed by atoms with E-state index < -0.39 is 0 Å². The van der Waals surface area contributed by atoms with Crippen molar-refractivity contribution >= 4 is 0 Å². The van der Waals surface area contributed by atoms with E-state index in [0.717, 1.165) is 0 Å². The van der Waals surface area contributed by atoms with Gasteiger partial charge >= 0.3 is 0 Å². The molecule has 6 heteroatoms. The second-order valence-corrected chi connectivity index (χ2v) is 2.31. The third-order valence-electron chi connectivity index (χ3n) is 1.30. The van der Waals surface area contributed by atoms with E-state index in [4.69, 9.17) is 5.53 Å². The van der Waals surface area contributed by atoms with Gasteiger partial charge in [0.15, 0.2) is 0 Å². The molecule has 0 radical (unpaired) electrons. The van der Waals surface area contributed by atoms with E-state index in [2.05, 4.69) is 32.1 Å². The molecule has 0 bridgehead atoms. The van der Waals surface area contributed by atoms with Crippen molar-refractivity contribution in [3.63, 3.8) is 0 Å². The molecule has 14 heavy (non-hydrogen) atoms. The van der Waals surface area contributed by atoms with Gasteiger partial charge in [0, 0.05) is 23.9 Å². The molecule has 0 aromatic carbocycles. The largest absolute Gasteiger partial charge is 0.268 e. The summed E-state index contributed by atoms with van der Waals surface area (Å²) >= 11 is 0. The zero-order valence-electron chi connectivity index (χ0n) is 7.27. The first-order valence-corrected chi connectivity index (χ1v) is 3.88. The summed E-state index contributed by atoms with van der Waals surface area (Å²) in [6.07, 6.45) is 0.477. The first-order chi connectivity index (χ1) is 6.83. The molecule has 0 fully saturated rings. The van der Waals surface area contributed by atoms with Gasteiger partial charge in [-0.2, -0.15) is 5.10 Å². The Morgan fingerprint density at radius 2 is 2.50 bits per heavy atom. The second-order valence-electron chi connectivity index (χ2n) is 2.31. The van der Waals surface area contributed by atoms with Gasteiger partial charge in [-0.05, 0) is 17.5 Å². The van der Waals surface area contributed by atoms with Crippen molar-refractivity contribution in [3.8, 4) is 11.8 Å². The number of aromatic amines is 1. The summed E-state index contributed by atoms with van der Waals surface area (Å²) in [5, 5.41) is 9.26. The molecule has 1 N–H and O–H groups in total. The minimum Gasteiger partial charge on any atom is -0.268 e. The van der Waals surface area contributed by atoms with Crippen LogP contribution in [0.2, 0.25) is 0 Å². The Bertz CT molecular complexity index is 440. The highest BCUT2D eigenvalue weighted by Gasteiger charge is 1.86. The zero-order valence-corrected chi connectivity index (χ0v) is 7.27. The van der Waals surface area contributed by atoms with Crippen LogP contribution in [0.15, 0.2) is 22.0 Å². The van der Waals surface area contributed by atoms with Gasteiger partial charge in [-0.15, -0.1) is 0 Å².